The van der Waals surface area contributed by atoms with Gasteiger partial charge in [0, 0.05) is 19.6 Å². The molecule has 0 saturated carbocycles. The number of amides is 2. The number of quaternary nitrogens is 1. The minimum Gasteiger partial charge on any atom is -0.548 e. The van der Waals surface area contributed by atoms with Crippen molar-refractivity contribution < 1.29 is 24.8 Å². The van der Waals surface area contributed by atoms with E-state index in [1.807, 2.05) is 35.2 Å². The minimum atomic E-state index is -1.18. The summed E-state index contributed by atoms with van der Waals surface area (Å²) in [5, 5.41) is 13.6. The fourth-order valence-corrected chi connectivity index (χ4v) is 5.91. The highest BCUT2D eigenvalue weighted by atomic mass is 32.2. The Bertz CT molecular complexity index is 773. The molecule has 0 aliphatic carbocycles. The number of benzene rings is 1. The van der Waals surface area contributed by atoms with Crippen LogP contribution in [-0.4, -0.2) is 70.9 Å². The molecule has 0 unspecified atom stereocenters. The Morgan fingerprint density at radius 2 is 1.83 bits per heavy atom. The first kappa shape index (κ1) is 20.2. The van der Waals surface area contributed by atoms with Gasteiger partial charge in [0.25, 0.3) is 5.91 Å². The summed E-state index contributed by atoms with van der Waals surface area (Å²) >= 11 is 1.77. The van der Waals surface area contributed by atoms with Crippen molar-refractivity contribution >= 4 is 29.5 Å². The molecule has 3 aliphatic rings. The van der Waals surface area contributed by atoms with Crippen molar-refractivity contribution in [2.75, 3.05) is 31.3 Å². The molecule has 8 heteroatoms. The molecule has 7 nitrogen and oxygen atoms in total. The Labute approximate surface area is 174 Å². The monoisotopic (exact) mass is 417 g/mol. The molecule has 0 bridgehead atoms. The summed E-state index contributed by atoms with van der Waals surface area (Å²) in [5.74, 6) is 0.583. The molecule has 2 N–H and O–H groups in total. The molecule has 3 fully saturated rings. The number of carbonyl (C=O) groups excluding carboxylic acids is 3. The zero-order valence-electron chi connectivity index (χ0n) is 16.4. The number of nitrogens with two attached hydrogens (primary N) is 1. The molecule has 3 heterocycles. The summed E-state index contributed by atoms with van der Waals surface area (Å²) in [6.45, 7) is 1.47. The molecule has 0 radical (unpaired) electrons. The molecule has 3 saturated heterocycles. The summed E-state index contributed by atoms with van der Waals surface area (Å²) in [6.07, 6.45) is 2.14. The second-order valence-electron chi connectivity index (χ2n) is 8.13. The molecule has 1 aromatic rings. The van der Waals surface area contributed by atoms with Crippen LogP contribution in [-0.2, 0) is 19.8 Å². The van der Waals surface area contributed by atoms with Gasteiger partial charge in [0.05, 0.1) is 23.2 Å². The lowest BCUT2D eigenvalue weighted by atomic mass is 9.71. The number of hydrogen-bond donors (Lipinski definition) is 1. The van der Waals surface area contributed by atoms with Crippen LogP contribution < -0.4 is 10.4 Å². The number of hydrogen-bond acceptors (Lipinski definition) is 5. The van der Waals surface area contributed by atoms with Crippen molar-refractivity contribution in [1.82, 2.24) is 9.80 Å². The Hall–Kier alpha value is -2.06. The van der Waals surface area contributed by atoms with Crippen molar-refractivity contribution in [2.24, 2.45) is 0 Å². The standard InChI is InChI=1S/C21H27N3O4S/c25-18(16-13-29-14-22-16)23-11-8-21(9-12-23,15-5-2-1-3-6-15)20(28)24-10-4-7-17(24)19(26)27/h1-3,5-6,16-17,22H,4,7-14H2,(H,26,27)/t16-,17+/m1/s1. The summed E-state index contributed by atoms with van der Waals surface area (Å²) in [7, 11) is 0. The van der Waals surface area contributed by atoms with Crippen LogP contribution in [0.5, 0.6) is 0 Å². The molecular weight excluding hydrogens is 390 g/mol. The van der Waals surface area contributed by atoms with E-state index in [4.69, 9.17) is 0 Å². The summed E-state index contributed by atoms with van der Waals surface area (Å²) in [6, 6.07) is 8.74. The number of likely N-dealkylation sites (tertiary alicyclic amines) is 2. The van der Waals surface area contributed by atoms with Crippen LogP contribution in [0.3, 0.4) is 0 Å². The maximum Gasteiger partial charge on any atom is 0.281 e. The van der Waals surface area contributed by atoms with Crippen molar-refractivity contribution in [3.63, 3.8) is 0 Å². The number of carboxylic acid groups (broad SMARTS) is 1. The molecule has 1 aromatic carbocycles. The van der Waals surface area contributed by atoms with E-state index >= 15 is 0 Å². The minimum absolute atomic E-state index is 0.0269. The number of nitrogens with zero attached hydrogens (tertiary/aromatic N) is 2. The van der Waals surface area contributed by atoms with Gasteiger partial charge in [-0.1, -0.05) is 42.1 Å². The number of thioether (sulfide) groups is 1. The summed E-state index contributed by atoms with van der Waals surface area (Å²) in [4.78, 5) is 41.5. The SMILES string of the molecule is O=C([O-])[C@@H]1CCCN1C(=O)C1(c2ccccc2)CCN(C(=O)[C@H]2CSC[NH2+]2)CC1. The van der Waals surface area contributed by atoms with E-state index in [1.165, 1.54) is 4.90 Å². The Balaban J connectivity index is 1.58. The highest BCUT2D eigenvalue weighted by molar-refractivity contribution is 7.99. The Morgan fingerprint density at radius 1 is 1.10 bits per heavy atom. The lowest BCUT2D eigenvalue weighted by Crippen LogP contribution is -2.89. The molecule has 156 valence electrons. The number of aliphatic carboxylic acids is 1. The van der Waals surface area contributed by atoms with Gasteiger partial charge in [-0.15, -0.1) is 0 Å². The van der Waals surface area contributed by atoms with E-state index in [9.17, 15) is 19.5 Å². The van der Waals surface area contributed by atoms with Crippen LogP contribution in [0.25, 0.3) is 0 Å². The van der Waals surface area contributed by atoms with Gasteiger partial charge in [0.2, 0.25) is 5.91 Å². The quantitative estimate of drug-likeness (QED) is 0.673. The topological polar surface area (TPSA) is 97.4 Å². The normalized spacial score (nSPS) is 26.5. The average molecular weight is 418 g/mol. The lowest BCUT2D eigenvalue weighted by molar-refractivity contribution is -0.649. The van der Waals surface area contributed by atoms with Crippen LogP contribution in [0.15, 0.2) is 30.3 Å². The number of carbonyl (C=O) groups is 3. The van der Waals surface area contributed by atoms with Gasteiger partial charge in [0.1, 0.15) is 5.88 Å². The van der Waals surface area contributed by atoms with Crippen molar-refractivity contribution in [3.8, 4) is 0 Å². The van der Waals surface area contributed by atoms with Crippen LogP contribution in [0.1, 0.15) is 31.2 Å². The highest BCUT2D eigenvalue weighted by Gasteiger charge is 2.48. The molecule has 0 aromatic heterocycles. The first-order chi connectivity index (χ1) is 14.0. The second-order valence-corrected chi connectivity index (χ2v) is 9.20. The first-order valence-electron chi connectivity index (χ1n) is 10.3. The summed E-state index contributed by atoms with van der Waals surface area (Å²) < 4.78 is 0. The van der Waals surface area contributed by atoms with Gasteiger partial charge >= 0.3 is 0 Å². The van der Waals surface area contributed by atoms with Gasteiger partial charge in [-0.3, -0.25) is 9.59 Å². The van der Waals surface area contributed by atoms with Crippen molar-refractivity contribution in [2.45, 2.75) is 43.2 Å². The molecule has 0 spiro atoms. The molecule has 3 aliphatic heterocycles. The fraction of sp³-hybridized carbons (Fsp3) is 0.571. The second kappa shape index (κ2) is 8.36. The van der Waals surface area contributed by atoms with Crippen LogP contribution in [0.2, 0.25) is 0 Å². The maximum atomic E-state index is 13.7. The van der Waals surface area contributed by atoms with Gasteiger partial charge in [-0.2, -0.15) is 0 Å². The first-order valence-corrected chi connectivity index (χ1v) is 11.5. The number of rotatable bonds is 4. The van der Waals surface area contributed by atoms with E-state index in [2.05, 4.69) is 5.32 Å². The third kappa shape index (κ3) is 3.75. The highest BCUT2D eigenvalue weighted by Crippen LogP contribution is 2.39. The maximum absolute atomic E-state index is 13.7. The van der Waals surface area contributed by atoms with E-state index in [1.54, 1.807) is 11.8 Å². The molecule has 4 rings (SSSR count). The predicted molar refractivity (Wildman–Crippen MR) is 107 cm³/mol. The lowest BCUT2D eigenvalue weighted by Gasteiger charge is -2.44. The van der Waals surface area contributed by atoms with Gasteiger partial charge < -0.3 is 25.0 Å². The van der Waals surface area contributed by atoms with E-state index in [-0.39, 0.29) is 17.9 Å². The van der Waals surface area contributed by atoms with E-state index in [0.717, 1.165) is 17.2 Å². The van der Waals surface area contributed by atoms with Gasteiger partial charge in [-0.05, 0) is 31.2 Å². The number of piperidine rings is 1. The third-order valence-corrected chi connectivity index (χ3v) is 7.59. The van der Waals surface area contributed by atoms with Crippen LogP contribution in [0, 0.1) is 0 Å². The third-order valence-electron chi connectivity index (χ3n) is 6.56. The molecular formula is C21H27N3O4S. The molecule has 29 heavy (non-hydrogen) atoms. The number of carboxylic acids is 1. The van der Waals surface area contributed by atoms with Crippen LogP contribution in [0.4, 0.5) is 0 Å². The Morgan fingerprint density at radius 3 is 2.45 bits per heavy atom. The fourth-order valence-electron chi connectivity index (χ4n) is 4.88. The van der Waals surface area contributed by atoms with E-state index < -0.39 is 17.4 Å². The average Bonchev–Trinajstić information content (AvgIpc) is 3.45. The predicted octanol–water partition coefficient (Wildman–Crippen LogP) is -1.08. The summed E-state index contributed by atoms with van der Waals surface area (Å²) in [5.41, 5.74) is 0.119. The van der Waals surface area contributed by atoms with Crippen molar-refractivity contribution in [3.05, 3.63) is 35.9 Å². The van der Waals surface area contributed by atoms with E-state index in [0.29, 0.717) is 45.3 Å². The molecule has 2 amide bonds. The van der Waals surface area contributed by atoms with Gasteiger partial charge in [-0.25, -0.2) is 0 Å². The molecule has 2 atom stereocenters. The zero-order chi connectivity index (χ0) is 20.4. The van der Waals surface area contributed by atoms with Crippen molar-refractivity contribution in [1.29, 1.82) is 0 Å². The smallest absolute Gasteiger partial charge is 0.281 e. The van der Waals surface area contributed by atoms with Crippen LogP contribution >= 0.6 is 11.8 Å². The largest absolute Gasteiger partial charge is 0.548 e. The Kier molecular flexibility index (Phi) is 5.83. The van der Waals surface area contributed by atoms with Gasteiger partial charge in [0.15, 0.2) is 6.04 Å². The zero-order valence-corrected chi connectivity index (χ0v) is 17.2.